The van der Waals surface area contributed by atoms with E-state index >= 15 is 0 Å². The van der Waals surface area contributed by atoms with Crippen LogP contribution in [0.15, 0.2) is 46.6 Å². The van der Waals surface area contributed by atoms with Crippen molar-refractivity contribution in [2.75, 3.05) is 14.2 Å². The highest BCUT2D eigenvalue weighted by molar-refractivity contribution is 5.97. The number of nitrogens with one attached hydrogen (secondary N) is 1. The predicted octanol–water partition coefficient (Wildman–Crippen LogP) is 4.94. The zero-order valence-electron chi connectivity index (χ0n) is 15.6. The number of hydrogen-bond donors (Lipinski definition) is 2. The molecule has 7 nitrogen and oxygen atoms in total. The smallest absolute Gasteiger partial charge is 0.295 e. The molecule has 3 aromatic rings. The minimum Gasteiger partial charge on any atom is -0.497 e. The van der Waals surface area contributed by atoms with Crippen LogP contribution in [-0.4, -0.2) is 30.2 Å². The first-order valence-corrected chi connectivity index (χ1v) is 8.46. The van der Waals surface area contributed by atoms with Crippen LogP contribution in [0.25, 0.3) is 10.9 Å². The summed E-state index contributed by atoms with van der Waals surface area (Å²) in [5, 5.41) is 18.6. The molecule has 1 aromatic heterocycles. The molecule has 3 rings (SSSR count). The van der Waals surface area contributed by atoms with Gasteiger partial charge in [0.05, 0.1) is 25.3 Å². The van der Waals surface area contributed by atoms with Gasteiger partial charge in [-0.2, -0.15) is 0 Å². The van der Waals surface area contributed by atoms with Crippen LogP contribution in [-0.2, 0) is 0 Å². The summed E-state index contributed by atoms with van der Waals surface area (Å²) in [5.41, 5.74) is 2.33. The molecule has 2 aromatic carbocycles. The first kappa shape index (κ1) is 18.4. The number of rotatable bonds is 5. The third-order valence-electron chi connectivity index (χ3n) is 4.28. The quantitative estimate of drug-likeness (QED) is 0.624. The minimum absolute atomic E-state index is 0.134. The fraction of sp³-hybridized carbons (Fsp3) is 0.250. The maximum absolute atomic E-state index is 12.4. The number of azo groups is 1. The Kier molecular flexibility index (Phi) is 5.12. The summed E-state index contributed by atoms with van der Waals surface area (Å²) in [6, 6.07) is 10.6. The molecule has 140 valence electrons. The second-order valence-electron chi connectivity index (χ2n) is 6.39. The van der Waals surface area contributed by atoms with Gasteiger partial charge in [0.1, 0.15) is 11.5 Å². The van der Waals surface area contributed by atoms with Crippen LogP contribution in [0.2, 0.25) is 0 Å². The van der Waals surface area contributed by atoms with E-state index in [1.165, 1.54) is 14.2 Å². The Hall–Kier alpha value is -3.35. The van der Waals surface area contributed by atoms with E-state index in [0.29, 0.717) is 22.8 Å². The summed E-state index contributed by atoms with van der Waals surface area (Å²) in [7, 11) is 3.00. The van der Waals surface area contributed by atoms with Crippen LogP contribution in [0.3, 0.4) is 0 Å². The average molecular weight is 367 g/mol. The normalized spacial score (nSPS) is 11.4. The molecule has 0 saturated carbocycles. The van der Waals surface area contributed by atoms with Crippen molar-refractivity contribution in [1.29, 1.82) is 0 Å². The number of aromatic nitrogens is 1. The minimum atomic E-state index is -0.569. The average Bonchev–Trinajstić information content (AvgIpc) is 2.99. The number of amides is 1. The van der Waals surface area contributed by atoms with Crippen molar-refractivity contribution in [3.8, 4) is 17.4 Å². The number of aromatic hydroxyl groups is 1. The Balaban J connectivity index is 1.97. The van der Waals surface area contributed by atoms with E-state index in [1.54, 1.807) is 18.2 Å². The lowest BCUT2D eigenvalue weighted by Crippen LogP contribution is -1.96. The number of carbonyl (C=O) groups is 1. The first-order chi connectivity index (χ1) is 12.9. The molecule has 27 heavy (non-hydrogen) atoms. The maximum atomic E-state index is 12.4. The summed E-state index contributed by atoms with van der Waals surface area (Å²) >= 11 is 0. The molecule has 0 spiro atoms. The molecule has 0 aliphatic rings. The number of hydrogen-bond acceptors (Lipinski definition) is 5. The van der Waals surface area contributed by atoms with E-state index in [0.717, 1.165) is 11.1 Å². The number of fused-ring (bicyclic) bond motifs is 1. The van der Waals surface area contributed by atoms with Gasteiger partial charge >= 0.3 is 0 Å². The van der Waals surface area contributed by atoms with Crippen LogP contribution in [0, 0.1) is 0 Å². The third-order valence-corrected chi connectivity index (χ3v) is 4.28. The number of methoxy groups -OCH3 is 2. The van der Waals surface area contributed by atoms with E-state index in [2.05, 4.69) is 29.1 Å². The Morgan fingerprint density at radius 3 is 2.33 bits per heavy atom. The molecule has 0 radical (unpaired) electrons. The molecular formula is C20H21N3O4. The number of aromatic amines is 1. The predicted molar refractivity (Wildman–Crippen MR) is 102 cm³/mol. The third kappa shape index (κ3) is 3.76. The van der Waals surface area contributed by atoms with Crippen LogP contribution >= 0.6 is 0 Å². The molecule has 0 fully saturated rings. The Bertz CT molecular complexity index is 999. The van der Waals surface area contributed by atoms with Gasteiger partial charge in [0.2, 0.25) is 5.88 Å². The molecule has 7 heteroatoms. The van der Waals surface area contributed by atoms with Crippen LogP contribution < -0.4 is 9.47 Å². The van der Waals surface area contributed by atoms with E-state index in [4.69, 9.17) is 9.47 Å². The molecule has 0 saturated heterocycles. The largest absolute Gasteiger partial charge is 0.497 e. The maximum Gasteiger partial charge on any atom is 0.295 e. The molecule has 0 unspecified atom stereocenters. The molecule has 0 bridgehead atoms. The number of nitrogens with zero attached hydrogens (tertiary/aromatic N) is 2. The molecule has 2 N–H and O–H groups in total. The van der Waals surface area contributed by atoms with E-state index in [-0.39, 0.29) is 17.1 Å². The second kappa shape index (κ2) is 7.49. The van der Waals surface area contributed by atoms with Crippen molar-refractivity contribution in [3.63, 3.8) is 0 Å². The van der Waals surface area contributed by atoms with Gasteiger partial charge in [0.25, 0.3) is 5.91 Å². The molecule has 0 aliphatic carbocycles. The Labute approximate surface area is 156 Å². The van der Waals surface area contributed by atoms with Crippen LogP contribution in [0.1, 0.15) is 35.7 Å². The fourth-order valence-electron chi connectivity index (χ4n) is 2.73. The summed E-state index contributed by atoms with van der Waals surface area (Å²) in [4.78, 5) is 15.3. The van der Waals surface area contributed by atoms with Crippen molar-refractivity contribution in [2.24, 2.45) is 10.2 Å². The first-order valence-electron chi connectivity index (χ1n) is 8.46. The summed E-state index contributed by atoms with van der Waals surface area (Å²) in [5.74, 6) is 0.572. The van der Waals surface area contributed by atoms with E-state index < -0.39 is 5.91 Å². The highest BCUT2D eigenvalue weighted by Gasteiger charge is 2.14. The van der Waals surface area contributed by atoms with E-state index in [1.807, 2.05) is 18.2 Å². The number of H-pyrrole nitrogens is 1. The number of carbonyl (C=O) groups excluding carboxylic acids is 1. The highest BCUT2D eigenvalue weighted by Crippen LogP contribution is 2.37. The summed E-state index contributed by atoms with van der Waals surface area (Å²) in [6.45, 7) is 4.16. The van der Waals surface area contributed by atoms with Gasteiger partial charge in [0, 0.05) is 11.5 Å². The van der Waals surface area contributed by atoms with Gasteiger partial charge in [-0.15, -0.1) is 10.2 Å². The Morgan fingerprint density at radius 2 is 1.74 bits per heavy atom. The number of ether oxygens (including phenoxy) is 2. The monoisotopic (exact) mass is 367 g/mol. The molecule has 1 amide bonds. The Morgan fingerprint density at radius 1 is 1.07 bits per heavy atom. The van der Waals surface area contributed by atoms with Gasteiger partial charge in [-0.25, -0.2) is 0 Å². The molecule has 0 atom stereocenters. The highest BCUT2D eigenvalue weighted by atomic mass is 16.5. The van der Waals surface area contributed by atoms with Crippen molar-refractivity contribution in [1.82, 2.24) is 4.98 Å². The molecule has 1 heterocycles. The SMILES string of the molecule is COc1cc(OC)cc(C(=O)N=Nc2c(O)[nH]c3ccc(C(C)C)cc23)c1. The van der Waals surface area contributed by atoms with Gasteiger partial charge < -0.3 is 19.6 Å². The molecule has 0 aliphatic heterocycles. The van der Waals surface area contributed by atoms with Gasteiger partial charge in [-0.05, 0) is 35.7 Å². The van der Waals surface area contributed by atoms with Crippen LogP contribution in [0.5, 0.6) is 17.4 Å². The van der Waals surface area contributed by atoms with Crippen molar-refractivity contribution >= 4 is 22.5 Å². The molecular weight excluding hydrogens is 346 g/mol. The van der Waals surface area contributed by atoms with Crippen molar-refractivity contribution in [3.05, 3.63) is 47.5 Å². The van der Waals surface area contributed by atoms with Gasteiger partial charge in [-0.1, -0.05) is 19.9 Å². The van der Waals surface area contributed by atoms with Crippen molar-refractivity contribution < 1.29 is 19.4 Å². The van der Waals surface area contributed by atoms with Gasteiger partial charge in [-0.3, -0.25) is 4.79 Å². The van der Waals surface area contributed by atoms with Crippen LogP contribution in [0.4, 0.5) is 5.69 Å². The lowest BCUT2D eigenvalue weighted by Gasteiger charge is -2.06. The zero-order valence-corrected chi connectivity index (χ0v) is 15.6. The van der Waals surface area contributed by atoms with Gasteiger partial charge in [0.15, 0.2) is 5.69 Å². The number of benzene rings is 2. The van der Waals surface area contributed by atoms with E-state index in [9.17, 15) is 9.90 Å². The summed E-state index contributed by atoms with van der Waals surface area (Å²) in [6.07, 6.45) is 0. The topological polar surface area (TPSA) is 96.3 Å². The van der Waals surface area contributed by atoms with Crippen molar-refractivity contribution in [2.45, 2.75) is 19.8 Å². The summed E-state index contributed by atoms with van der Waals surface area (Å²) < 4.78 is 10.3. The lowest BCUT2D eigenvalue weighted by atomic mass is 10.0. The second-order valence-corrected chi connectivity index (χ2v) is 6.39. The lowest BCUT2D eigenvalue weighted by molar-refractivity contribution is 0.0994. The zero-order chi connectivity index (χ0) is 19.6. The standard InChI is InChI=1S/C20H21N3O4/c1-11(2)12-5-6-17-16(9-12)18(20(25)21-17)22-23-19(24)13-7-14(26-3)10-15(8-13)27-4/h5-11,21,25H,1-4H3. The fourth-order valence-corrected chi connectivity index (χ4v) is 2.73.